The van der Waals surface area contributed by atoms with Gasteiger partial charge in [0.05, 0.1) is 26.6 Å². The molecule has 7 nitrogen and oxygen atoms in total. The summed E-state index contributed by atoms with van der Waals surface area (Å²) in [5.74, 6) is 1.24. The number of allylic oxidation sites excluding steroid dienone is 2. The number of aromatic amines is 2. The Morgan fingerprint density at radius 3 is 2.61 bits per heavy atom. The highest BCUT2D eigenvalue weighted by Crippen LogP contribution is 2.16. The van der Waals surface area contributed by atoms with Crippen molar-refractivity contribution in [3.63, 3.8) is 0 Å². The number of imidazole rings is 2. The van der Waals surface area contributed by atoms with Gasteiger partial charge in [-0.3, -0.25) is 0 Å². The Balaban J connectivity index is 1.84. The molecule has 0 saturated carbocycles. The summed E-state index contributed by atoms with van der Waals surface area (Å²) in [5, 5.41) is 6.56. The first kappa shape index (κ1) is 13.9. The number of sulfonamides is 1. The Labute approximate surface area is 131 Å². The summed E-state index contributed by atoms with van der Waals surface area (Å²) in [6.45, 7) is 0. The molecule has 0 radical (unpaired) electrons. The predicted octanol–water partition coefficient (Wildman–Crippen LogP) is 0.0901. The van der Waals surface area contributed by atoms with Gasteiger partial charge in [-0.2, -0.15) is 0 Å². The van der Waals surface area contributed by atoms with Gasteiger partial charge in [0.1, 0.15) is 0 Å². The number of rotatable bonds is 2. The van der Waals surface area contributed by atoms with Crippen molar-refractivity contribution in [2.75, 3.05) is 0 Å². The van der Waals surface area contributed by atoms with Crippen LogP contribution >= 0.6 is 0 Å². The molecule has 23 heavy (non-hydrogen) atoms. The van der Waals surface area contributed by atoms with Gasteiger partial charge in [-0.15, -0.1) is 0 Å². The van der Waals surface area contributed by atoms with E-state index in [9.17, 15) is 8.42 Å². The van der Waals surface area contributed by atoms with Crippen LogP contribution in [0.15, 0.2) is 35.2 Å². The normalized spacial score (nSPS) is 14.6. The molecule has 1 aromatic carbocycles. The molecule has 4 N–H and O–H groups in total. The van der Waals surface area contributed by atoms with E-state index in [-0.39, 0.29) is 11.3 Å². The number of hydrogen-bond acceptors (Lipinski definition) is 4. The molecule has 8 heteroatoms. The average Bonchev–Trinajstić information content (AvgIpc) is 3.05. The van der Waals surface area contributed by atoms with Crippen LogP contribution in [0.4, 0.5) is 0 Å². The van der Waals surface area contributed by atoms with Crippen molar-refractivity contribution in [2.45, 2.75) is 6.42 Å². The quantitative estimate of drug-likeness (QED) is 0.618. The predicted molar refractivity (Wildman–Crippen MR) is 87.7 cm³/mol. The second-order valence-electron chi connectivity index (χ2n) is 5.24. The van der Waals surface area contributed by atoms with Gasteiger partial charge in [-0.05, 0) is 24.3 Å². The fourth-order valence-corrected chi connectivity index (χ4v) is 3.09. The lowest BCUT2D eigenvalue weighted by atomic mass is 10.3. The van der Waals surface area contributed by atoms with Gasteiger partial charge in [0, 0.05) is 6.42 Å². The molecular weight excluding hydrogens is 314 g/mol. The van der Waals surface area contributed by atoms with Crippen LogP contribution in [0.1, 0.15) is 6.42 Å². The summed E-state index contributed by atoms with van der Waals surface area (Å²) in [7, 11) is -3.69. The zero-order chi connectivity index (χ0) is 16.0. The van der Waals surface area contributed by atoms with E-state index in [4.69, 9.17) is 5.14 Å². The summed E-state index contributed by atoms with van der Waals surface area (Å²) < 4.78 is 22.8. The van der Waals surface area contributed by atoms with Crippen molar-refractivity contribution < 1.29 is 8.42 Å². The number of fused-ring (bicyclic) bond motifs is 2. The lowest BCUT2D eigenvalue weighted by Gasteiger charge is -1.97. The molecule has 0 amide bonds. The maximum absolute atomic E-state index is 11.4. The number of aromatic nitrogens is 4. The number of nitrogens with one attached hydrogen (secondary N) is 2. The third kappa shape index (κ3) is 2.47. The Hall–Kier alpha value is -2.71. The number of para-hydroxylation sites is 2. The van der Waals surface area contributed by atoms with Gasteiger partial charge < -0.3 is 9.97 Å². The lowest BCUT2D eigenvalue weighted by Crippen LogP contribution is -2.23. The average molecular weight is 327 g/mol. The van der Waals surface area contributed by atoms with Crippen LogP contribution in [0.25, 0.3) is 34.8 Å². The summed E-state index contributed by atoms with van der Waals surface area (Å²) in [6.07, 6.45) is 5.11. The third-order valence-corrected chi connectivity index (χ3v) is 4.71. The van der Waals surface area contributed by atoms with Crippen LogP contribution in [0, 0.1) is 0 Å². The van der Waals surface area contributed by atoms with Gasteiger partial charge in [0.15, 0.2) is 11.6 Å². The van der Waals surface area contributed by atoms with Crippen LogP contribution in [-0.4, -0.2) is 28.4 Å². The fraction of sp³-hybridized carbons (Fsp3) is 0.0667. The molecule has 4 rings (SSSR count). The molecule has 0 unspecified atom stereocenters. The monoisotopic (exact) mass is 327 g/mol. The van der Waals surface area contributed by atoms with E-state index in [0.717, 1.165) is 16.4 Å². The number of primary sulfonamides is 1. The van der Waals surface area contributed by atoms with Gasteiger partial charge in [-0.25, -0.2) is 23.5 Å². The summed E-state index contributed by atoms with van der Waals surface area (Å²) in [5.41, 5.74) is 1.79. The first-order valence-corrected chi connectivity index (χ1v) is 8.50. The third-order valence-electron chi connectivity index (χ3n) is 3.67. The summed E-state index contributed by atoms with van der Waals surface area (Å²) in [6, 6.07) is 7.72. The Kier molecular flexibility index (Phi) is 2.97. The SMILES string of the molecule is NS(=O)(=O)C1=CC=c2[nH]c(-c3nc4ccccc4[nH]3)nc2=CC1. The largest absolute Gasteiger partial charge is 0.335 e. The van der Waals surface area contributed by atoms with E-state index in [1.165, 1.54) is 6.08 Å². The first-order chi connectivity index (χ1) is 11.0. The Bertz CT molecular complexity index is 1140. The molecule has 2 aromatic heterocycles. The highest BCUT2D eigenvalue weighted by molar-refractivity contribution is 7.93. The van der Waals surface area contributed by atoms with Crippen LogP contribution in [-0.2, 0) is 10.0 Å². The van der Waals surface area contributed by atoms with Crippen LogP contribution in [0.5, 0.6) is 0 Å². The second-order valence-corrected chi connectivity index (χ2v) is 6.85. The molecule has 0 fully saturated rings. The highest BCUT2D eigenvalue weighted by Gasteiger charge is 2.13. The molecule has 3 aromatic rings. The number of benzene rings is 1. The Morgan fingerprint density at radius 2 is 1.83 bits per heavy atom. The zero-order valence-electron chi connectivity index (χ0n) is 11.9. The van der Waals surface area contributed by atoms with Crippen molar-refractivity contribution in [3.8, 4) is 11.6 Å². The second kappa shape index (κ2) is 4.90. The van der Waals surface area contributed by atoms with Crippen molar-refractivity contribution in [2.24, 2.45) is 5.14 Å². The van der Waals surface area contributed by atoms with E-state index in [1.807, 2.05) is 24.3 Å². The van der Waals surface area contributed by atoms with Gasteiger partial charge in [0.25, 0.3) is 0 Å². The molecule has 0 atom stereocenters. The van der Waals surface area contributed by atoms with Crippen molar-refractivity contribution >= 4 is 33.2 Å². The van der Waals surface area contributed by atoms with E-state index in [0.29, 0.717) is 17.0 Å². The maximum Gasteiger partial charge on any atom is 0.234 e. The molecule has 0 saturated heterocycles. The minimum Gasteiger partial charge on any atom is -0.335 e. The molecular formula is C15H13N5O2S. The van der Waals surface area contributed by atoms with Crippen molar-refractivity contribution in [1.82, 2.24) is 19.9 Å². The lowest BCUT2D eigenvalue weighted by molar-refractivity contribution is 0.603. The number of nitrogens with zero attached hydrogens (tertiary/aromatic N) is 2. The maximum atomic E-state index is 11.4. The first-order valence-electron chi connectivity index (χ1n) is 6.96. The molecule has 116 valence electrons. The van der Waals surface area contributed by atoms with E-state index in [2.05, 4.69) is 19.9 Å². The molecule has 0 bridgehead atoms. The molecule has 0 aliphatic heterocycles. The number of hydrogen-bond donors (Lipinski definition) is 3. The fourth-order valence-electron chi connectivity index (χ4n) is 2.51. The number of H-pyrrole nitrogens is 2. The number of nitrogens with two attached hydrogens (primary N) is 1. The molecule has 0 spiro atoms. The van der Waals surface area contributed by atoms with Gasteiger partial charge in [-0.1, -0.05) is 18.2 Å². The summed E-state index contributed by atoms with van der Waals surface area (Å²) in [4.78, 5) is 15.5. The molecule has 2 heterocycles. The zero-order valence-corrected chi connectivity index (χ0v) is 12.8. The minimum absolute atomic E-state index is 0.161. The van der Waals surface area contributed by atoms with Gasteiger partial charge in [0.2, 0.25) is 10.0 Å². The van der Waals surface area contributed by atoms with E-state index >= 15 is 0 Å². The van der Waals surface area contributed by atoms with Crippen molar-refractivity contribution in [3.05, 3.63) is 45.9 Å². The Morgan fingerprint density at radius 1 is 1.04 bits per heavy atom. The van der Waals surface area contributed by atoms with Crippen LogP contribution < -0.4 is 15.8 Å². The van der Waals surface area contributed by atoms with E-state index in [1.54, 1.807) is 12.2 Å². The van der Waals surface area contributed by atoms with Crippen molar-refractivity contribution in [1.29, 1.82) is 0 Å². The van der Waals surface area contributed by atoms with Gasteiger partial charge >= 0.3 is 0 Å². The smallest absolute Gasteiger partial charge is 0.234 e. The summed E-state index contributed by atoms with van der Waals surface area (Å²) >= 11 is 0. The topological polar surface area (TPSA) is 118 Å². The van der Waals surface area contributed by atoms with E-state index < -0.39 is 10.0 Å². The van der Waals surface area contributed by atoms with Crippen LogP contribution in [0.2, 0.25) is 0 Å². The van der Waals surface area contributed by atoms with Crippen LogP contribution in [0.3, 0.4) is 0 Å². The standard InChI is InChI=1S/C15H13N5O2S/c16-23(21,22)9-5-7-12-13(8-6-9)20-15(19-12)14-17-10-3-1-2-4-11(10)18-14/h1-5,7-8H,6H2,(H,17,18)(H,19,20)(H2,16,21,22). The molecule has 1 aliphatic rings. The highest BCUT2D eigenvalue weighted by atomic mass is 32.2. The minimum atomic E-state index is -3.69. The molecule has 1 aliphatic carbocycles.